The van der Waals surface area contributed by atoms with E-state index in [2.05, 4.69) is 51.2 Å². The smallest absolute Gasteiger partial charge is 0.0865 e. The van der Waals surface area contributed by atoms with Crippen molar-refractivity contribution in [1.29, 1.82) is 0 Å². The van der Waals surface area contributed by atoms with E-state index in [4.69, 9.17) is 0 Å². The molecular formula is C15H26O2Si. The first kappa shape index (κ1) is 15.4. The second kappa shape index (κ2) is 6.00. The molecule has 0 aromatic heterocycles. The molecule has 0 saturated heterocycles. The van der Waals surface area contributed by atoms with E-state index in [9.17, 15) is 10.2 Å². The third-order valence-corrected chi connectivity index (χ3v) is 8.43. The van der Waals surface area contributed by atoms with Crippen LogP contribution in [0.15, 0.2) is 30.3 Å². The maximum atomic E-state index is 10.3. The Morgan fingerprint density at radius 3 is 1.83 bits per heavy atom. The van der Waals surface area contributed by atoms with Gasteiger partial charge in [0.2, 0.25) is 0 Å². The zero-order chi connectivity index (χ0) is 13.9. The van der Waals surface area contributed by atoms with Crippen LogP contribution in [0.1, 0.15) is 20.8 Å². The fourth-order valence-electron chi connectivity index (χ4n) is 3.01. The lowest BCUT2D eigenvalue weighted by Crippen LogP contribution is -2.53. The first-order valence-corrected chi connectivity index (χ1v) is 9.78. The molecule has 0 amide bonds. The van der Waals surface area contributed by atoms with Crippen molar-refractivity contribution in [1.82, 2.24) is 0 Å². The van der Waals surface area contributed by atoms with Crippen LogP contribution in [0.4, 0.5) is 0 Å². The molecule has 1 aromatic rings. The Morgan fingerprint density at radius 2 is 1.44 bits per heavy atom. The van der Waals surface area contributed by atoms with E-state index in [1.54, 1.807) is 6.92 Å². The van der Waals surface area contributed by atoms with Crippen molar-refractivity contribution in [2.75, 3.05) is 0 Å². The highest BCUT2D eigenvalue weighted by Gasteiger charge is 2.41. The number of benzene rings is 1. The average Bonchev–Trinajstić information content (AvgIpc) is 2.29. The minimum atomic E-state index is -1.81. The summed E-state index contributed by atoms with van der Waals surface area (Å²) in [6, 6.07) is 10.4. The molecule has 0 aliphatic carbocycles. The summed E-state index contributed by atoms with van der Waals surface area (Å²) in [6.07, 6.45) is -1.32. The molecule has 1 aromatic carbocycles. The van der Waals surface area contributed by atoms with E-state index in [1.165, 1.54) is 5.19 Å². The molecule has 18 heavy (non-hydrogen) atoms. The van der Waals surface area contributed by atoms with Crippen molar-refractivity contribution in [3.8, 4) is 0 Å². The van der Waals surface area contributed by atoms with Crippen LogP contribution in [0, 0.1) is 5.92 Å². The van der Waals surface area contributed by atoms with Gasteiger partial charge in [0.05, 0.1) is 20.3 Å². The summed E-state index contributed by atoms with van der Waals surface area (Å²) < 4.78 is 0. The van der Waals surface area contributed by atoms with Gasteiger partial charge in [0.1, 0.15) is 0 Å². The molecule has 0 radical (unpaired) electrons. The van der Waals surface area contributed by atoms with Crippen molar-refractivity contribution in [2.45, 2.75) is 51.6 Å². The largest absolute Gasteiger partial charge is 0.391 e. The number of aliphatic hydroxyl groups excluding tert-OH is 2. The molecule has 3 heteroatoms. The molecular weight excluding hydrogens is 240 g/mol. The van der Waals surface area contributed by atoms with Gasteiger partial charge >= 0.3 is 0 Å². The molecule has 0 aliphatic rings. The lowest BCUT2D eigenvalue weighted by molar-refractivity contribution is 0.0176. The van der Waals surface area contributed by atoms with Crippen LogP contribution in [-0.4, -0.2) is 30.5 Å². The maximum Gasteiger partial charge on any atom is 0.0865 e. The highest BCUT2D eigenvalue weighted by atomic mass is 28.3. The number of aliphatic hydroxyl groups is 2. The molecule has 0 spiro atoms. The van der Waals surface area contributed by atoms with E-state index >= 15 is 0 Å². The minimum Gasteiger partial charge on any atom is -0.391 e. The fourth-order valence-corrected chi connectivity index (χ4v) is 7.25. The van der Waals surface area contributed by atoms with Crippen LogP contribution in [0.25, 0.3) is 0 Å². The molecule has 3 atom stereocenters. The molecule has 2 nitrogen and oxygen atoms in total. The first-order valence-electron chi connectivity index (χ1n) is 6.70. The quantitative estimate of drug-likeness (QED) is 0.803. The van der Waals surface area contributed by atoms with Crippen LogP contribution in [0.5, 0.6) is 0 Å². The van der Waals surface area contributed by atoms with Gasteiger partial charge in [-0.05, 0) is 18.4 Å². The molecule has 0 saturated carbocycles. The third-order valence-electron chi connectivity index (χ3n) is 3.93. The average molecular weight is 266 g/mol. The topological polar surface area (TPSA) is 40.5 Å². The summed E-state index contributed by atoms with van der Waals surface area (Å²) in [6.45, 7) is 10.5. The third kappa shape index (κ3) is 3.22. The van der Waals surface area contributed by atoms with Gasteiger partial charge in [-0.2, -0.15) is 0 Å². The van der Waals surface area contributed by atoms with Crippen LogP contribution in [0.2, 0.25) is 18.6 Å². The fraction of sp³-hybridized carbons (Fsp3) is 0.600. The Bertz CT molecular complexity index is 360. The van der Waals surface area contributed by atoms with E-state index in [-0.39, 0.29) is 5.54 Å². The standard InChI is InChI=1S/C15H26O2Si/c1-11(2)15(14(17)12(3)16)18(4,5)13-9-7-6-8-10-13/h6-12,14-17H,1-5H3/t12-,14+,15-/m0/s1. The summed E-state index contributed by atoms with van der Waals surface area (Å²) in [7, 11) is -1.81. The SMILES string of the molecule is CC(C)[C@@H]([C@H](O)[C@H](C)O)[Si](C)(C)c1ccccc1. The molecule has 0 aliphatic heterocycles. The zero-order valence-electron chi connectivity index (χ0n) is 12.1. The Balaban J connectivity index is 3.12. The summed E-state index contributed by atoms with van der Waals surface area (Å²) in [5.41, 5.74) is 0.153. The van der Waals surface area contributed by atoms with Crippen molar-refractivity contribution >= 4 is 13.3 Å². The number of rotatable bonds is 5. The summed E-state index contributed by atoms with van der Waals surface area (Å²) in [4.78, 5) is 0. The number of hydrogen-bond donors (Lipinski definition) is 2. The number of hydrogen-bond acceptors (Lipinski definition) is 2. The Kier molecular flexibility index (Phi) is 5.14. The second-order valence-electron chi connectivity index (χ2n) is 6.09. The Morgan fingerprint density at radius 1 is 0.944 bits per heavy atom. The minimum absolute atomic E-state index is 0.153. The lowest BCUT2D eigenvalue weighted by atomic mass is 10.0. The molecule has 0 heterocycles. The molecule has 0 bridgehead atoms. The molecule has 0 unspecified atom stereocenters. The van der Waals surface area contributed by atoms with Gasteiger partial charge < -0.3 is 10.2 Å². The van der Waals surface area contributed by atoms with Crippen molar-refractivity contribution in [3.05, 3.63) is 30.3 Å². The predicted octanol–water partition coefficient (Wildman–Crippen LogP) is 2.37. The summed E-state index contributed by atoms with van der Waals surface area (Å²) in [5.74, 6) is 0.358. The van der Waals surface area contributed by atoms with Gasteiger partial charge in [0, 0.05) is 0 Å². The predicted molar refractivity (Wildman–Crippen MR) is 79.8 cm³/mol. The molecule has 102 valence electrons. The maximum absolute atomic E-state index is 10.3. The van der Waals surface area contributed by atoms with Crippen molar-refractivity contribution < 1.29 is 10.2 Å². The van der Waals surface area contributed by atoms with Crippen molar-refractivity contribution in [2.24, 2.45) is 5.92 Å². The second-order valence-corrected chi connectivity index (χ2v) is 10.8. The van der Waals surface area contributed by atoms with Crippen LogP contribution >= 0.6 is 0 Å². The van der Waals surface area contributed by atoms with E-state index in [0.29, 0.717) is 5.92 Å². The molecule has 0 fully saturated rings. The van der Waals surface area contributed by atoms with Gasteiger partial charge in [0.15, 0.2) is 0 Å². The normalized spacial score (nSPS) is 17.6. The van der Waals surface area contributed by atoms with Crippen molar-refractivity contribution in [3.63, 3.8) is 0 Å². The summed E-state index contributed by atoms with van der Waals surface area (Å²) in [5, 5.41) is 21.4. The molecule has 1 rings (SSSR count). The highest BCUT2D eigenvalue weighted by Crippen LogP contribution is 2.34. The van der Waals surface area contributed by atoms with E-state index in [0.717, 1.165) is 0 Å². The van der Waals surface area contributed by atoms with Gasteiger partial charge in [-0.3, -0.25) is 0 Å². The van der Waals surface area contributed by atoms with Crippen LogP contribution < -0.4 is 5.19 Å². The summed E-state index contributed by atoms with van der Waals surface area (Å²) >= 11 is 0. The van der Waals surface area contributed by atoms with E-state index < -0.39 is 20.3 Å². The van der Waals surface area contributed by atoms with Crippen LogP contribution in [0.3, 0.4) is 0 Å². The molecule has 2 N–H and O–H groups in total. The Labute approximate surface area is 112 Å². The van der Waals surface area contributed by atoms with Gasteiger partial charge in [-0.15, -0.1) is 0 Å². The van der Waals surface area contributed by atoms with Gasteiger partial charge in [0.25, 0.3) is 0 Å². The highest BCUT2D eigenvalue weighted by molar-refractivity contribution is 6.91. The monoisotopic (exact) mass is 266 g/mol. The first-order chi connectivity index (χ1) is 8.28. The van der Waals surface area contributed by atoms with Gasteiger partial charge in [-0.25, -0.2) is 0 Å². The Hall–Kier alpha value is -0.643. The van der Waals surface area contributed by atoms with Gasteiger partial charge in [-0.1, -0.05) is 62.5 Å². The lowest BCUT2D eigenvalue weighted by Gasteiger charge is -2.40. The van der Waals surface area contributed by atoms with Crippen LogP contribution in [-0.2, 0) is 0 Å². The van der Waals surface area contributed by atoms with E-state index in [1.807, 2.05) is 6.07 Å². The zero-order valence-corrected chi connectivity index (χ0v) is 13.1.